The van der Waals surface area contributed by atoms with Gasteiger partial charge in [-0.05, 0) is 0 Å². The number of nitrogens with one attached hydrogen (secondary N) is 1. The van der Waals surface area contributed by atoms with E-state index in [1.807, 2.05) is 38.1 Å². The van der Waals surface area contributed by atoms with Gasteiger partial charge in [0.05, 0.1) is 26.4 Å². The molecule has 0 saturated carbocycles. The summed E-state index contributed by atoms with van der Waals surface area (Å²) in [6, 6.07) is 4.02. The van der Waals surface area contributed by atoms with Crippen molar-refractivity contribution >= 4 is 91.6 Å². The summed E-state index contributed by atoms with van der Waals surface area (Å²) in [6.45, 7) is 3.11. The Kier molecular flexibility index (Phi) is 28.1. The second kappa shape index (κ2) is 23.2. The second-order valence-electron chi connectivity index (χ2n) is 3.22. The quantitative estimate of drug-likeness (QED) is 0.200. The topological polar surface area (TPSA) is 112 Å². The molecule has 136 valence electrons. The molecule has 2 heterocycles. The Morgan fingerprint density at radius 3 is 1.29 bits per heavy atom. The van der Waals surface area contributed by atoms with E-state index in [2.05, 4.69) is 96.7 Å². The molecule has 1 aromatic heterocycles. The normalized spacial score (nSPS) is 11.1. The van der Waals surface area contributed by atoms with Gasteiger partial charge in [0, 0.05) is 0 Å². The number of thiocarbonyl (C=S) groups is 3. The van der Waals surface area contributed by atoms with Crippen LogP contribution in [-0.4, -0.2) is 44.4 Å². The summed E-state index contributed by atoms with van der Waals surface area (Å²) in [4.78, 5) is 3.00. The molecule has 1 aromatic rings. The summed E-state index contributed by atoms with van der Waals surface area (Å²) in [5, 5.41) is 0. The summed E-state index contributed by atoms with van der Waals surface area (Å²) >= 11 is 26.7. The molecular formula is C11H18MoN4O2S6. The SMILES string of the molecule is C1COCCO1.NC(=S)[S-].NC(=S)[S-].NC(=S)[S-].[Mo+3][c]1ccc[nH]1. The summed E-state index contributed by atoms with van der Waals surface area (Å²) in [7, 11) is 0. The van der Waals surface area contributed by atoms with Gasteiger partial charge >= 0.3 is 47.2 Å². The molecule has 1 aliphatic rings. The van der Waals surface area contributed by atoms with Gasteiger partial charge in [-0.3, -0.25) is 0 Å². The third-order valence-corrected chi connectivity index (χ3v) is 1.94. The fourth-order valence-electron chi connectivity index (χ4n) is 0.754. The minimum atomic E-state index is 0.0833. The van der Waals surface area contributed by atoms with Crippen LogP contribution in [0.15, 0.2) is 18.3 Å². The molecule has 0 unspecified atom stereocenters. The predicted molar refractivity (Wildman–Crippen MR) is 115 cm³/mol. The zero-order valence-corrected chi connectivity index (χ0v) is 19.4. The van der Waals surface area contributed by atoms with Crippen molar-refractivity contribution in [2.45, 2.75) is 0 Å². The van der Waals surface area contributed by atoms with E-state index in [1.165, 1.54) is 4.08 Å². The van der Waals surface area contributed by atoms with Crippen LogP contribution >= 0.6 is 36.7 Å². The van der Waals surface area contributed by atoms with Crippen LogP contribution in [0.1, 0.15) is 0 Å². The molecule has 2 rings (SSSR count). The average Bonchev–Trinajstić information content (AvgIpc) is 2.91. The molecule has 24 heavy (non-hydrogen) atoms. The van der Waals surface area contributed by atoms with Gasteiger partial charge in [0.25, 0.3) is 0 Å². The van der Waals surface area contributed by atoms with Gasteiger partial charge in [-0.15, -0.1) is 0 Å². The van der Waals surface area contributed by atoms with Crippen LogP contribution in [0.25, 0.3) is 0 Å². The Bertz CT molecular complexity index is 380. The first kappa shape index (κ1) is 29.0. The Hall–Kier alpha value is 0.218. The van der Waals surface area contributed by atoms with Crippen molar-refractivity contribution in [3.63, 3.8) is 0 Å². The Labute approximate surface area is 186 Å². The van der Waals surface area contributed by atoms with E-state index in [4.69, 9.17) is 9.47 Å². The molecule has 6 nitrogen and oxygen atoms in total. The van der Waals surface area contributed by atoms with E-state index in [9.17, 15) is 0 Å². The fourth-order valence-corrected chi connectivity index (χ4v) is 1.11. The monoisotopic (exact) mass is 528 g/mol. The number of hydrogen-bond donors (Lipinski definition) is 4. The van der Waals surface area contributed by atoms with Gasteiger partial charge in [-0.1, -0.05) is 13.0 Å². The molecule has 7 N–H and O–H groups in total. The first-order chi connectivity index (χ1) is 11.1. The van der Waals surface area contributed by atoms with Gasteiger partial charge in [-0.2, -0.15) is 0 Å². The minimum absolute atomic E-state index is 0.0833. The average molecular weight is 527 g/mol. The van der Waals surface area contributed by atoms with Crippen molar-refractivity contribution in [3.05, 3.63) is 18.3 Å². The molecule has 0 aliphatic carbocycles. The van der Waals surface area contributed by atoms with Crippen LogP contribution in [0.4, 0.5) is 0 Å². The number of hydrogen-bond acceptors (Lipinski definition) is 8. The Morgan fingerprint density at radius 2 is 1.21 bits per heavy atom. The molecular weight excluding hydrogens is 508 g/mol. The summed E-state index contributed by atoms with van der Waals surface area (Å²) in [5.74, 6) is 0. The van der Waals surface area contributed by atoms with Crippen LogP contribution < -0.4 is 21.3 Å². The summed E-state index contributed by atoms with van der Waals surface area (Å²) in [6.07, 6.45) is 1.91. The van der Waals surface area contributed by atoms with Crippen molar-refractivity contribution in [1.82, 2.24) is 4.98 Å². The molecule has 0 atom stereocenters. The van der Waals surface area contributed by atoms with Crippen molar-refractivity contribution < 1.29 is 29.3 Å². The van der Waals surface area contributed by atoms with Gasteiger partial charge in [0.2, 0.25) is 0 Å². The van der Waals surface area contributed by atoms with Crippen LogP contribution in [0.2, 0.25) is 0 Å². The van der Waals surface area contributed by atoms with E-state index in [-0.39, 0.29) is 13.0 Å². The van der Waals surface area contributed by atoms with Gasteiger partial charge in [0.1, 0.15) is 0 Å². The Balaban J connectivity index is -0.000000234. The summed E-state index contributed by atoms with van der Waals surface area (Å²) < 4.78 is 11.4. The van der Waals surface area contributed by atoms with Crippen LogP contribution in [0.5, 0.6) is 0 Å². The Morgan fingerprint density at radius 1 is 0.917 bits per heavy atom. The summed E-state index contributed by atoms with van der Waals surface area (Å²) in [5.41, 5.74) is 14.0. The maximum atomic E-state index is 4.94. The van der Waals surface area contributed by atoms with E-state index < -0.39 is 0 Å². The standard InChI is InChI=1S/C4H4N.C4H8O2.3CH3NS2.Mo/c1-2-4-5-3-1;1-2-6-4-3-5-1;3*2-1(3)4;/h1-3,5H;1-4H2;3*(H3,2,3,4);/q;;;;;+3/p-3. The molecule has 0 radical (unpaired) electrons. The van der Waals surface area contributed by atoms with Crippen LogP contribution in [0.3, 0.4) is 0 Å². The number of rotatable bonds is 0. The third kappa shape index (κ3) is 57.3. The molecule has 0 bridgehead atoms. The zero-order valence-electron chi connectivity index (χ0n) is 12.5. The molecule has 1 saturated heterocycles. The third-order valence-electron chi connectivity index (χ3n) is 1.31. The van der Waals surface area contributed by atoms with Gasteiger partial charge < -0.3 is 101 Å². The van der Waals surface area contributed by atoms with Gasteiger partial charge in [0.15, 0.2) is 0 Å². The first-order valence-corrected chi connectivity index (χ1v) is 9.40. The van der Waals surface area contributed by atoms with Gasteiger partial charge in [-0.25, -0.2) is 0 Å². The maximum absolute atomic E-state index is 4.94. The van der Waals surface area contributed by atoms with Crippen molar-refractivity contribution in [2.75, 3.05) is 26.4 Å². The van der Waals surface area contributed by atoms with Crippen molar-refractivity contribution in [2.24, 2.45) is 17.2 Å². The van der Waals surface area contributed by atoms with Crippen molar-refractivity contribution in [3.8, 4) is 0 Å². The number of aromatic nitrogens is 1. The van der Waals surface area contributed by atoms with E-state index in [0.717, 1.165) is 26.4 Å². The number of nitrogens with two attached hydrogens (primary N) is 3. The molecule has 0 amide bonds. The molecule has 1 aliphatic heterocycles. The van der Waals surface area contributed by atoms with Crippen LogP contribution in [-0.2, 0) is 67.2 Å². The number of aromatic amines is 1. The van der Waals surface area contributed by atoms with Crippen LogP contribution in [0, 0.1) is 0 Å². The first-order valence-electron chi connectivity index (χ1n) is 5.94. The molecule has 1 fully saturated rings. The van der Waals surface area contributed by atoms with E-state index in [1.54, 1.807) is 0 Å². The van der Waals surface area contributed by atoms with Crippen molar-refractivity contribution in [1.29, 1.82) is 0 Å². The molecule has 0 spiro atoms. The van der Waals surface area contributed by atoms with E-state index >= 15 is 0 Å². The van der Waals surface area contributed by atoms with E-state index in [0.29, 0.717) is 0 Å². The zero-order chi connectivity index (χ0) is 19.4. The number of H-pyrrole nitrogens is 1. The second-order valence-corrected chi connectivity index (χ2v) is 7.71. The molecule has 13 heteroatoms. The fraction of sp³-hybridized carbons (Fsp3) is 0.364. The predicted octanol–water partition coefficient (Wildman–Crippen LogP) is -0.449. The molecule has 0 aromatic carbocycles. The number of ether oxygens (including phenoxy) is 2.